The Bertz CT molecular complexity index is 1020. The highest BCUT2D eigenvalue weighted by Gasteiger charge is 2.67. The van der Waals surface area contributed by atoms with Gasteiger partial charge in [0, 0.05) is 29.6 Å². The van der Waals surface area contributed by atoms with Crippen LogP contribution in [-0.2, 0) is 23.8 Å². The highest BCUT2D eigenvalue weighted by atomic mass is 16.7. The maximum atomic E-state index is 14.1. The van der Waals surface area contributed by atoms with Gasteiger partial charge in [-0.25, -0.2) is 0 Å². The third-order valence-electron chi connectivity index (χ3n) is 11.7. The molecule has 0 unspecified atom stereocenters. The lowest BCUT2D eigenvalue weighted by Gasteiger charge is -2.47. The van der Waals surface area contributed by atoms with Gasteiger partial charge in [0.05, 0.1) is 36.4 Å². The second-order valence-corrected chi connectivity index (χ2v) is 14.9. The van der Waals surface area contributed by atoms with E-state index in [2.05, 4.69) is 0 Å². The van der Waals surface area contributed by atoms with Gasteiger partial charge in [0.15, 0.2) is 11.6 Å². The zero-order chi connectivity index (χ0) is 33.6. The van der Waals surface area contributed by atoms with Crippen molar-refractivity contribution in [3.05, 3.63) is 0 Å². The number of carboxylic acids is 1. The van der Waals surface area contributed by atoms with E-state index in [0.717, 1.165) is 0 Å². The molecule has 0 radical (unpaired) electrons. The quantitative estimate of drug-likeness (QED) is 0.199. The Morgan fingerprint density at radius 1 is 0.886 bits per heavy atom. The standard InChI is InChI=1S/C34H60O10/c1-11-24(28(39)22(8)27(38)23(9)29-18(4)14-20(6)33(40,43-29)17-26(36)37)30-19(5)15-31(10,42-30)34(41)21(7)16-32(13-3,44-34)25(35)12-2/h18-25,27,29-30,35,38,40-41H,11-17H2,1-10H3,(H,36,37)/t18-,19-,20+,21+,22-,23+,24-,25-,27+,29-,30-,31+,32+,33-,34-/m0/s1. The number of carboxylic acid groups (broad SMARTS) is 1. The molecule has 3 heterocycles. The minimum Gasteiger partial charge on any atom is -0.481 e. The molecule has 5 N–H and O–H groups in total. The summed E-state index contributed by atoms with van der Waals surface area (Å²) in [7, 11) is 0. The van der Waals surface area contributed by atoms with Crippen LogP contribution in [0, 0.1) is 41.4 Å². The minimum atomic E-state index is -1.85. The van der Waals surface area contributed by atoms with E-state index in [9.17, 15) is 35.1 Å². The fraction of sp³-hybridized carbons (Fsp3) is 0.941. The number of Topliss-reactive ketones (excluding diaryl/α,β-unsaturated/α-hetero) is 1. The van der Waals surface area contributed by atoms with E-state index in [4.69, 9.17) is 14.2 Å². The van der Waals surface area contributed by atoms with Crippen LogP contribution in [0.1, 0.15) is 114 Å². The normalized spacial score (nSPS) is 44.6. The van der Waals surface area contributed by atoms with Crippen LogP contribution in [0.2, 0.25) is 0 Å². The van der Waals surface area contributed by atoms with Crippen LogP contribution < -0.4 is 0 Å². The maximum Gasteiger partial charge on any atom is 0.308 e. The molecule has 10 nitrogen and oxygen atoms in total. The largest absolute Gasteiger partial charge is 0.481 e. The summed E-state index contributed by atoms with van der Waals surface area (Å²) in [6.07, 6.45) is -0.539. The Labute approximate surface area is 263 Å². The van der Waals surface area contributed by atoms with Gasteiger partial charge < -0.3 is 39.7 Å². The minimum absolute atomic E-state index is 0.0671. The summed E-state index contributed by atoms with van der Waals surface area (Å²) >= 11 is 0. The van der Waals surface area contributed by atoms with E-state index < -0.39 is 83.3 Å². The smallest absolute Gasteiger partial charge is 0.308 e. The Balaban J connectivity index is 1.79. The van der Waals surface area contributed by atoms with Gasteiger partial charge in [-0.2, -0.15) is 0 Å². The fourth-order valence-corrected chi connectivity index (χ4v) is 8.82. The summed E-state index contributed by atoms with van der Waals surface area (Å²) in [6.45, 7) is 18.7. The predicted octanol–water partition coefficient (Wildman–Crippen LogP) is 4.29. The Kier molecular flexibility index (Phi) is 11.5. The number of ketones is 1. The molecular weight excluding hydrogens is 568 g/mol. The van der Waals surface area contributed by atoms with Crippen molar-refractivity contribution in [2.24, 2.45) is 41.4 Å². The summed E-state index contributed by atoms with van der Waals surface area (Å²) in [5.41, 5.74) is -1.99. The van der Waals surface area contributed by atoms with Crippen molar-refractivity contribution < 1.29 is 49.3 Å². The van der Waals surface area contributed by atoms with E-state index in [1.165, 1.54) is 0 Å². The highest BCUT2D eigenvalue weighted by molar-refractivity contribution is 5.84. The van der Waals surface area contributed by atoms with E-state index in [-0.39, 0.29) is 23.5 Å². The lowest BCUT2D eigenvalue weighted by atomic mass is 9.73. The molecule has 0 spiro atoms. The number of aliphatic hydroxyl groups is 4. The number of hydrogen-bond donors (Lipinski definition) is 5. The molecule has 3 fully saturated rings. The van der Waals surface area contributed by atoms with Crippen molar-refractivity contribution in [2.75, 3.05) is 0 Å². The van der Waals surface area contributed by atoms with Gasteiger partial charge in [0.1, 0.15) is 11.4 Å². The van der Waals surface area contributed by atoms with Gasteiger partial charge in [0.2, 0.25) is 0 Å². The van der Waals surface area contributed by atoms with Gasteiger partial charge >= 0.3 is 5.97 Å². The molecule has 0 aromatic rings. The summed E-state index contributed by atoms with van der Waals surface area (Å²) < 4.78 is 19.1. The number of ether oxygens (including phenoxy) is 3. The molecule has 3 aliphatic rings. The van der Waals surface area contributed by atoms with Crippen molar-refractivity contribution in [3.8, 4) is 0 Å². The zero-order valence-electron chi connectivity index (χ0n) is 28.6. The average Bonchev–Trinajstić information content (AvgIpc) is 3.42. The van der Waals surface area contributed by atoms with Gasteiger partial charge in [-0.05, 0) is 57.3 Å². The third kappa shape index (κ3) is 6.51. The molecule has 3 rings (SSSR count). The van der Waals surface area contributed by atoms with Crippen molar-refractivity contribution in [2.45, 2.75) is 161 Å². The second kappa shape index (κ2) is 13.5. The third-order valence-corrected chi connectivity index (χ3v) is 11.7. The number of aliphatic hydroxyl groups excluding tert-OH is 2. The summed E-state index contributed by atoms with van der Waals surface area (Å²) in [4.78, 5) is 25.5. The molecule has 0 saturated carbocycles. The fourth-order valence-electron chi connectivity index (χ4n) is 8.82. The first-order chi connectivity index (χ1) is 20.3. The van der Waals surface area contributed by atoms with Crippen LogP contribution in [0.15, 0.2) is 0 Å². The summed E-state index contributed by atoms with van der Waals surface area (Å²) in [6, 6.07) is 0. The van der Waals surface area contributed by atoms with Crippen LogP contribution in [-0.4, -0.2) is 84.5 Å². The summed E-state index contributed by atoms with van der Waals surface area (Å²) in [5, 5.41) is 54.8. The van der Waals surface area contributed by atoms with Crippen molar-refractivity contribution >= 4 is 11.8 Å². The zero-order valence-corrected chi connectivity index (χ0v) is 28.6. The molecule has 0 amide bonds. The van der Waals surface area contributed by atoms with E-state index >= 15 is 0 Å². The highest BCUT2D eigenvalue weighted by Crippen LogP contribution is 2.56. The predicted molar refractivity (Wildman–Crippen MR) is 164 cm³/mol. The first kappa shape index (κ1) is 37.3. The number of rotatable bonds is 13. The number of aliphatic carboxylic acids is 1. The molecule has 0 bridgehead atoms. The lowest BCUT2D eigenvalue weighted by molar-refractivity contribution is -0.332. The Hall–Kier alpha value is -1.14. The molecule has 3 aliphatic heterocycles. The van der Waals surface area contributed by atoms with Crippen molar-refractivity contribution in [1.82, 2.24) is 0 Å². The molecule has 0 aliphatic carbocycles. The molecule has 256 valence electrons. The average molecular weight is 629 g/mol. The van der Waals surface area contributed by atoms with E-state index in [1.54, 1.807) is 20.8 Å². The number of carbonyl (C=O) groups excluding carboxylic acids is 1. The molecular formula is C34H60O10. The Morgan fingerprint density at radius 3 is 2.02 bits per heavy atom. The molecule has 15 atom stereocenters. The molecule has 0 aromatic heterocycles. The molecule has 3 saturated heterocycles. The molecule has 10 heteroatoms. The van der Waals surface area contributed by atoms with E-state index in [0.29, 0.717) is 38.5 Å². The van der Waals surface area contributed by atoms with Crippen LogP contribution in [0.4, 0.5) is 0 Å². The van der Waals surface area contributed by atoms with E-state index in [1.807, 2.05) is 48.5 Å². The topological polar surface area (TPSA) is 163 Å². The van der Waals surface area contributed by atoms with Crippen molar-refractivity contribution in [1.29, 1.82) is 0 Å². The van der Waals surface area contributed by atoms with Gasteiger partial charge in [-0.3, -0.25) is 9.59 Å². The van der Waals surface area contributed by atoms with Crippen LogP contribution in [0.25, 0.3) is 0 Å². The lowest BCUT2D eigenvalue weighted by Crippen LogP contribution is -2.58. The first-order valence-corrected chi connectivity index (χ1v) is 16.9. The second-order valence-electron chi connectivity index (χ2n) is 14.9. The molecule has 44 heavy (non-hydrogen) atoms. The van der Waals surface area contributed by atoms with Gasteiger partial charge in [-0.1, -0.05) is 62.3 Å². The monoisotopic (exact) mass is 628 g/mol. The maximum absolute atomic E-state index is 14.1. The van der Waals surface area contributed by atoms with Crippen LogP contribution in [0.5, 0.6) is 0 Å². The SMILES string of the molecule is CC[C@@H](C(=O)[C@@H](C)[C@@H](O)[C@@H](C)[C@H]1O[C@@](O)(CC(=O)O)[C@H](C)C[C@@H]1C)[C@H]1O[C@@](C)([C@@]2(O)O[C@@](CC)([C@@H](O)CC)C[C@H]2C)C[C@@H]1C. The number of carbonyl (C=O) groups is 2. The van der Waals surface area contributed by atoms with Crippen LogP contribution >= 0.6 is 0 Å². The summed E-state index contributed by atoms with van der Waals surface area (Å²) in [5.74, 6) is -7.56. The van der Waals surface area contributed by atoms with Gasteiger partial charge in [0.25, 0.3) is 0 Å². The van der Waals surface area contributed by atoms with Crippen molar-refractivity contribution in [3.63, 3.8) is 0 Å². The van der Waals surface area contributed by atoms with Crippen LogP contribution in [0.3, 0.4) is 0 Å². The Morgan fingerprint density at radius 2 is 1.50 bits per heavy atom. The molecule has 0 aromatic carbocycles. The number of hydrogen-bond acceptors (Lipinski definition) is 9. The first-order valence-electron chi connectivity index (χ1n) is 16.9. The van der Waals surface area contributed by atoms with Gasteiger partial charge in [-0.15, -0.1) is 0 Å².